The SMILES string of the molecule is O=C1CSC(C2=COC=C(CC3=CC=CCC3)O2)N1Cc1ccc(F)c(F)c1. The van der Waals surface area contributed by atoms with Crippen LogP contribution < -0.4 is 0 Å². The van der Waals surface area contributed by atoms with E-state index < -0.39 is 11.6 Å². The van der Waals surface area contributed by atoms with Crippen LogP contribution in [0.2, 0.25) is 0 Å². The first kappa shape index (κ1) is 18.8. The van der Waals surface area contributed by atoms with E-state index in [-0.39, 0.29) is 17.8 Å². The van der Waals surface area contributed by atoms with Crippen molar-refractivity contribution in [2.24, 2.45) is 0 Å². The van der Waals surface area contributed by atoms with Crippen molar-refractivity contribution in [3.8, 4) is 0 Å². The molecule has 146 valence electrons. The highest BCUT2D eigenvalue weighted by molar-refractivity contribution is 8.01. The molecule has 1 saturated heterocycles. The molecule has 1 aliphatic carbocycles. The minimum absolute atomic E-state index is 0.0829. The van der Waals surface area contributed by atoms with E-state index in [0.717, 1.165) is 25.0 Å². The highest BCUT2D eigenvalue weighted by Gasteiger charge is 2.37. The van der Waals surface area contributed by atoms with Crippen molar-refractivity contribution in [1.29, 1.82) is 0 Å². The standard InChI is InChI=1S/C21H19F2NO3S/c22-17-7-6-15(9-18(17)23)10-24-20(25)13-28-21(24)19-12-26-11-16(27-19)8-14-4-2-1-3-5-14/h1-2,4,6-7,9,11-12,21H,3,5,8,10,13H2. The molecule has 1 fully saturated rings. The Kier molecular flexibility index (Phi) is 5.52. The summed E-state index contributed by atoms with van der Waals surface area (Å²) in [5, 5.41) is -0.371. The van der Waals surface area contributed by atoms with Gasteiger partial charge in [-0.15, -0.1) is 11.8 Å². The Bertz CT molecular complexity index is 907. The van der Waals surface area contributed by atoms with Crippen LogP contribution in [0.4, 0.5) is 8.78 Å². The molecule has 1 aromatic carbocycles. The number of thioether (sulfide) groups is 1. The van der Waals surface area contributed by atoms with Crippen LogP contribution >= 0.6 is 11.8 Å². The van der Waals surface area contributed by atoms with Gasteiger partial charge in [-0.1, -0.05) is 29.9 Å². The zero-order chi connectivity index (χ0) is 19.5. The predicted molar refractivity (Wildman–Crippen MR) is 103 cm³/mol. The van der Waals surface area contributed by atoms with Crippen molar-refractivity contribution < 1.29 is 23.0 Å². The van der Waals surface area contributed by atoms with Gasteiger partial charge >= 0.3 is 0 Å². The minimum atomic E-state index is -0.926. The highest BCUT2D eigenvalue weighted by Crippen LogP contribution is 2.36. The number of ether oxygens (including phenoxy) is 2. The maximum absolute atomic E-state index is 13.5. The fourth-order valence-electron chi connectivity index (χ4n) is 3.28. The van der Waals surface area contributed by atoms with Gasteiger partial charge < -0.3 is 14.4 Å². The van der Waals surface area contributed by atoms with Gasteiger partial charge in [-0.2, -0.15) is 0 Å². The van der Waals surface area contributed by atoms with E-state index in [2.05, 4.69) is 12.2 Å². The zero-order valence-electron chi connectivity index (χ0n) is 15.1. The number of benzene rings is 1. The summed E-state index contributed by atoms with van der Waals surface area (Å²) in [5.74, 6) is -0.403. The molecule has 3 aliphatic rings. The number of amides is 1. The molecule has 1 unspecified atom stereocenters. The van der Waals surface area contributed by atoms with Gasteiger partial charge in [0.05, 0.1) is 5.75 Å². The van der Waals surface area contributed by atoms with Gasteiger partial charge in [-0.25, -0.2) is 8.78 Å². The van der Waals surface area contributed by atoms with Crippen molar-refractivity contribution >= 4 is 17.7 Å². The van der Waals surface area contributed by atoms with Crippen LogP contribution in [-0.2, 0) is 20.8 Å². The molecule has 0 spiro atoms. The molecule has 7 heteroatoms. The molecule has 2 heterocycles. The maximum Gasteiger partial charge on any atom is 0.234 e. The Labute approximate surface area is 166 Å². The van der Waals surface area contributed by atoms with E-state index in [0.29, 0.717) is 29.3 Å². The molecule has 0 N–H and O–H groups in total. The highest BCUT2D eigenvalue weighted by atomic mass is 32.2. The summed E-state index contributed by atoms with van der Waals surface area (Å²) in [7, 11) is 0. The molecule has 1 atom stereocenters. The van der Waals surface area contributed by atoms with Gasteiger partial charge in [0.2, 0.25) is 5.91 Å². The summed E-state index contributed by atoms with van der Waals surface area (Å²) >= 11 is 1.42. The van der Waals surface area contributed by atoms with Gasteiger partial charge in [0.25, 0.3) is 0 Å². The molecule has 1 amide bonds. The van der Waals surface area contributed by atoms with Crippen LogP contribution in [0.3, 0.4) is 0 Å². The molecular formula is C21H19F2NO3S. The lowest BCUT2D eigenvalue weighted by Gasteiger charge is -2.28. The fraction of sp³-hybridized carbons (Fsp3) is 0.286. The Morgan fingerprint density at radius 1 is 1.21 bits per heavy atom. The zero-order valence-corrected chi connectivity index (χ0v) is 15.9. The van der Waals surface area contributed by atoms with Gasteiger partial charge in [0.15, 0.2) is 17.4 Å². The van der Waals surface area contributed by atoms with Crippen molar-refractivity contribution in [2.75, 3.05) is 5.75 Å². The first-order chi connectivity index (χ1) is 13.6. The third kappa shape index (κ3) is 4.14. The van der Waals surface area contributed by atoms with Crippen LogP contribution in [0.15, 0.2) is 66.0 Å². The summed E-state index contributed by atoms with van der Waals surface area (Å²) in [5.41, 5.74) is 1.78. The molecule has 4 rings (SSSR count). The predicted octanol–water partition coefficient (Wildman–Crippen LogP) is 4.76. The molecular weight excluding hydrogens is 384 g/mol. The van der Waals surface area contributed by atoms with E-state index in [1.54, 1.807) is 11.2 Å². The van der Waals surface area contributed by atoms with Gasteiger partial charge in [0.1, 0.15) is 23.7 Å². The summed E-state index contributed by atoms with van der Waals surface area (Å²) in [6.07, 6.45) is 11.9. The van der Waals surface area contributed by atoms with Crippen LogP contribution in [0, 0.1) is 11.6 Å². The number of nitrogens with zero attached hydrogens (tertiary/aromatic N) is 1. The van der Waals surface area contributed by atoms with Gasteiger partial charge in [-0.3, -0.25) is 4.79 Å². The van der Waals surface area contributed by atoms with Gasteiger partial charge in [-0.05, 0) is 30.5 Å². The number of hydrogen-bond donors (Lipinski definition) is 0. The third-order valence-electron chi connectivity index (χ3n) is 4.68. The van der Waals surface area contributed by atoms with Crippen molar-refractivity contribution in [1.82, 2.24) is 4.90 Å². The molecule has 0 saturated carbocycles. The maximum atomic E-state index is 13.5. The normalized spacial score (nSPS) is 21.6. The second-order valence-electron chi connectivity index (χ2n) is 6.74. The number of carbonyl (C=O) groups is 1. The Morgan fingerprint density at radius 3 is 2.89 bits per heavy atom. The summed E-state index contributed by atoms with van der Waals surface area (Å²) in [4.78, 5) is 14.0. The van der Waals surface area contributed by atoms with E-state index in [1.165, 1.54) is 29.7 Å². The van der Waals surface area contributed by atoms with Gasteiger partial charge in [0, 0.05) is 13.0 Å². The number of allylic oxidation sites excluding steroid dienone is 4. The molecule has 0 aromatic heterocycles. The third-order valence-corrected chi connectivity index (χ3v) is 5.90. The first-order valence-corrected chi connectivity index (χ1v) is 10.1. The molecule has 1 aromatic rings. The fourth-order valence-corrected chi connectivity index (χ4v) is 4.39. The Hall–Kier alpha value is -2.54. The molecule has 0 bridgehead atoms. The number of hydrogen-bond acceptors (Lipinski definition) is 4. The van der Waals surface area contributed by atoms with Crippen LogP contribution in [0.5, 0.6) is 0 Å². The molecule has 28 heavy (non-hydrogen) atoms. The lowest BCUT2D eigenvalue weighted by atomic mass is 10.0. The van der Waals surface area contributed by atoms with Crippen molar-refractivity contribution in [3.05, 3.63) is 83.2 Å². The summed E-state index contributed by atoms with van der Waals surface area (Å²) in [6.45, 7) is 0.170. The largest absolute Gasteiger partial charge is 0.465 e. The smallest absolute Gasteiger partial charge is 0.234 e. The van der Waals surface area contributed by atoms with E-state index in [9.17, 15) is 13.6 Å². The Balaban J connectivity index is 1.45. The van der Waals surface area contributed by atoms with E-state index in [1.807, 2.05) is 6.08 Å². The summed E-state index contributed by atoms with van der Waals surface area (Å²) in [6, 6.07) is 3.66. The average molecular weight is 403 g/mol. The number of rotatable bonds is 5. The van der Waals surface area contributed by atoms with Crippen LogP contribution in [-0.4, -0.2) is 21.9 Å². The molecule has 2 aliphatic heterocycles. The molecule has 4 nitrogen and oxygen atoms in total. The second-order valence-corrected chi connectivity index (χ2v) is 7.81. The van der Waals surface area contributed by atoms with Crippen LogP contribution in [0.1, 0.15) is 24.8 Å². The monoisotopic (exact) mass is 403 g/mol. The molecule has 0 radical (unpaired) electrons. The topological polar surface area (TPSA) is 38.8 Å². The van der Waals surface area contributed by atoms with Crippen LogP contribution in [0.25, 0.3) is 0 Å². The first-order valence-electron chi connectivity index (χ1n) is 9.02. The lowest BCUT2D eigenvalue weighted by molar-refractivity contribution is -0.128. The minimum Gasteiger partial charge on any atom is -0.465 e. The number of carbonyl (C=O) groups excluding carboxylic acids is 1. The quantitative estimate of drug-likeness (QED) is 0.710. The average Bonchev–Trinajstić information content (AvgIpc) is 3.06. The number of halogens is 2. The lowest BCUT2D eigenvalue weighted by Crippen LogP contribution is -2.34. The second kappa shape index (κ2) is 8.22. The van der Waals surface area contributed by atoms with E-state index in [4.69, 9.17) is 9.47 Å². The summed E-state index contributed by atoms with van der Waals surface area (Å²) < 4.78 is 38.2. The van der Waals surface area contributed by atoms with Crippen molar-refractivity contribution in [3.63, 3.8) is 0 Å². The van der Waals surface area contributed by atoms with Crippen molar-refractivity contribution in [2.45, 2.75) is 31.2 Å². The van der Waals surface area contributed by atoms with E-state index >= 15 is 0 Å². The Morgan fingerprint density at radius 2 is 2.11 bits per heavy atom.